The number of pyridine rings is 1. The van der Waals surface area contributed by atoms with Crippen molar-refractivity contribution in [3.8, 4) is 0 Å². The Hall–Kier alpha value is -1.45. The summed E-state index contributed by atoms with van der Waals surface area (Å²) in [7, 11) is 0. The van der Waals surface area contributed by atoms with Gasteiger partial charge in [0.1, 0.15) is 0 Å². The first-order valence-electron chi connectivity index (χ1n) is 8.08. The van der Waals surface area contributed by atoms with Gasteiger partial charge in [-0.15, -0.1) is 0 Å². The van der Waals surface area contributed by atoms with E-state index in [9.17, 15) is 0 Å². The maximum Gasteiger partial charge on any atom is 0.0708 e. The van der Waals surface area contributed by atoms with E-state index in [0.717, 1.165) is 37.4 Å². The number of rotatable bonds is 4. The summed E-state index contributed by atoms with van der Waals surface area (Å²) in [6.45, 7) is 8.77. The van der Waals surface area contributed by atoms with Gasteiger partial charge in [-0.25, -0.2) is 0 Å². The molecule has 1 aromatic heterocycles. The zero-order chi connectivity index (χ0) is 14.7. The molecule has 0 radical (unpaired) electrons. The smallest absolute Gasteiger partial charge is 0.0708 e. The molecule has 1 aromatic carbocycles. The highest BCUT2D eigenvalue weighted by Gasteiger charge is 2.22. The first kappa shape index (κ1) is 14.5. The van der Waals surface area contributed by atoms with E-state index < -0.39 is 0 Å². The number of hydrogen-bond donors (Lipinski definition) is 1. The molecule has 0 spiro atoms. The largest absolute Gasteiger partial charge is 0.314 e. The quantitative estimate of drug-likeness (QED) is 0.934. The Morgan fingerprint density at radius 3 is 3.05 bits per heavy atom. The normalized spacial score (nSPS) is 20.0. The molecular weight excluding hydrogens is 258 g/mol. The van der Waals surface area contributed by atoms with Gasteiger partial charge in [0.05, 0.1) is 5.52 Å². The fraction of sp³-hybridized carbons (Fsp3) is 0.500. The van der Waals surface area contributed by atoms with Crippen molar-refractivity contribution in [2.75, 3.05) is 19.6 Å². The van der Waals surface area contributed by atoms with Crippen LogP contribution in [-0.2, 0) is 6.54 Å². The molecule has 1 unspecified atom stereocenters. The minimum atomic E-state index is 0.663. The highest BCUT2D eigenvalue weighted by atomic mass is 15.2. The third kappa shape index (κ3) is 3.25. The molecule has 112 valence electrons. The topological polar surface area (TPSA) is 28.2 Å². The van der Waals surface area contributed by atoms with E-state index in [1.165, 1.54) is 23.8 Å². The summed E-state index contributed by atoms with van der Waals surface area (Å²) in [6.07, 6.45) is 2.52. The lowest BCUT2D eigenvalue weighted by atomic mass is 10.0. The van der Waals surface area contributed by atoms with Crippen LogP contribution in [0.5, 0.6) is 0 Å². The van der Waals surface area contributed by atoms with E-state index >= 15 is 0 Å². The number of nitrogens with one attached hydrogen (secondary N) is 1. The standard InChI is InChI=1S/C18H25N3/c1-3-6-16-12-19-9-10-21(16)13-15-11-14(2)20-18-8-5-4-7-17(15)18/h4-5,7-8,11,16,19H,3,6,9-10,12-13H2,1-2H3. The first-order valence-corrected chi connectivity index (χ1v) is 8.08. The van der Waals surface area contributed by atoms with Crippen LogP contribution < -0.4 is 5.32 Å². The molecule has 1 aliphatic rings. The van der Waals surface area contributed by atoms with Gasteiger partial charge in [-0.1, -0.05) is 31.5 Å². The van der Waals surface area contributed by atoms with Gasteiger partial charge >= 0.3 is 0 Å². The molecule has 1 aliphatic heterocycles. The minimum Gasteiger partial charge on any atom is -0.314 e. The number of piperazine rings is 1. The van der Waals surface area contributed by atoms with Crippen molar-refractivity contribution in [2.24, 2.45) is 0 Å². The average Bonchev–Trinajstić information content (AvgIpc) is 2.49. The highest BCUT2D eigenvalue weighted by molar-refractivity contribution is 5.82. The molecule has 0 bridgehead atoms. The van der Waals surface area contributed by atoms with Crippen LogP contribution in [0, 0.1) is 6.92 Å². The van der Waals surface area contributed by atoms with Gasteiger partial charge in [-0.05, 0) is 31.0 Å². The first-order chi connectivity index (χ1) is 10.3. The van der Waals surface area contributed by atoms with Crippen molar-refractivity contribution >= 4 is 10.9 Å². The van der Waals surface area contributed by atoms with E-state index in [-0.39, 0.29) is 0 Å². The van der Waals surface area contributed by atoms with Crippen LogP contribution in [0.25, 0.3) is 10.9 Å². The number of fused-ring (bicyclic) bond motifs is 1. The van der Waals surface area contributed by atoms with Gasteiger partial charge in [0.15, 0.2) is 0 Å². The van der Waals surface area contributed by atoms with Crippen molar-refractivity contribution in [3.63, 3.8) is 0 Å². The second-order valence-electron chi connectivity index (χ2n) is 6.06. The summed E-state index contributed by atoms with van der Waals surface area (Å²) in [5.41, 5.74) is 3.65. The van der Waals surface area contributed by atoms with E-state index in [1.807, 2.05) is 0 Å². The summed E-state index contributed by atoms with van der Waals surface area (Å²) in [5, 5.41) is 4.83. The fourth-order valence-corrected chi connectivity index (χ4v) is 3.37. The van der Waals surface area contributed by atoms with Crippen molar-refractivity contribution in [1.29, 1.82) is 0 Å². The Balaban J connectivity index is 1.89. The van der Waals surface area contributed by atoms with Gasteiger partial charge in [0.25, 0.3) is 0 Å². The second kappa shape index (κ2) is 6.54. The molecule has 0 saturated carbocycles. The van der Waals surface area contributed by atoms with E-state index in [4.69, 9.17) is 0 Å². The molecule has 3 heteroatoms. The van der Waals surface area contributed by atoms with Crippen LogP contribution in [0.4, 0.5) is 0 Å². The van der Waals surface area contributed by atoms with Crippen molar-refractivity contribution in [1.82, 2.24) is 15.2 Å². The Bertz CT molecular complexity index is 606. The third-order valence-corrected chi connectivity index (χ3v) is 4.40. The summed E-state index contributed by atoms with van der Waals surface area (Å²) in [4.78, 5) is 7.29. The van der Waals surface area contributed by atoms with Crippen molar-refractivity contribution in [2.45, 2.75) is 39.3 Å². The lowest BCUT2D eigenvalue weighted by Gasteiger charge is -2.36. The van der Waals surface area contributed by atoms with Crippen LogP contribution in [0.2, 0.25) is 0 Å². The predicted octanol–water partition coefficient (Wildman–Crippen LogP) is 3.12. The number of nitrogens with zero attached hydrogens (tertiary/aromatic N) is 2. The average molecular weight is 283 g/mol. The number of benzene rings is 1. The molecule has 3 nitrogen and oxygen atoms in total. The number of para-hydroxylation sites is 1. The fourth-order valence-electron chi connectivity index (χ4n) is 3.37. The Morgan fingerprint density at radius 2 is 2.19 bits per heavy atom. The molecule has 1 atom stereocenters. The predicted molar refractivity (Wildman–Crippen MR) is 88.5 cm³/mol. The molecular formula is C18H25N3. The zero-order valence-electron chi connectivity index (χ0n) is 13.1. The number of aromatic nitrogens is 1. The molecule has 0 amide bonds. The SMILES string of the molecule is CCCC1CNCCN1Cc1cc(C)nc2ccccc12. The van der Waals surface area contributed by atoms with Crippen LogP contribution in [0.1, 0.15) is 31.0 Å². The summed E-state index contributed by atoms with van der Waals surface area (Å²) >= 11 is 0. The van der Waals surface area contributed by atoms with Crippen molar-refractivity contribution in [3.05, 3.63) is 41.6 Å². The van der Waals surface area contributed by atoms with Gasteiger partial charge in [-0.2, -0.15) is 0 Å². The van der Waals surface area contributed by atoms with Crippen molar-refractivity contribution < 1.29 is 0 Å². The van der Waals surface area contributed by atoms with E-state index in [0.29, 0.717) is 6.04 Å². The Labute approximate surface area is 127 Å². The summed E-state index contributed by atoms with van der Waals surface area (Å²) < 4.78 is 0. The second-order valence-corrected chi connectivity index (χ2v) is 6.06. The van der Waals surface area contributed by atoms with Crippen LogP contribution >= 0.6 is 0 Å². The van der Waals surface area contributed by atoms with Gasteiger partial charge in [0, 0.05) is 43.3 Å². The lowest BCUT2D eigenvalue weighted by Crippen LogP contribution is -2.50. The Kier molecular flexibility index (Phi) is 4.51. The highest BCUT2D eigenvalue weighted by Crippen LogP contribution is 2.22. The van der Waals surface area contributed by atoms with Gasteiger partial charge < -0.3 is 5.32 Å². The number of hydrogen-bond acceptors (Lipinski definition) is 3. The molecule has 21 heavy (non-hydrogen) atoms. The molecule has 1 fully saturated rings. The maximum absolute atomic E-state index is 4.65. The zero-order valence-corrected chi connectivity index (χ0v) is 13.1. The Morgan fingerprint density at radius 1 is 1.33 bits per heavy atom. The molecule has 3 rings (SSSR count). The molecule has 0 aliphatic carbocycles. The molecule has 2 aromatic rings. The number of aryl methyl sites for hydroxylation is 1. The van der Waals surface area contributed by atoms with Gasteiger partial charge in [-0.3, -0.25) is 9.88 Å². The molecule has 2 heterocycles. The minimum absolute atomic E-state index is 0.663. The molecule has 1 N–H and O–H groups in total. The lowest BCUT2D eigenvalue weighted by molar-refractivity contribution is 0.145. The maximum atomic E-state index is 4.65. The third-order valence-electron chi connectivity index (χ3n) is 4.40. The van der Waals surface area contributed by atoms with Crippen LogP contribution in [0.3, 0.4) is 0 Å². The summed E-state index contributed by atoms with van der Waals surface area (Å²) in [6, 6.07) is 11.4. The van der Waals surface area contributed by atoms with Crippen LogP contribution in [-0.4, -0.2) is 35.6 Å². The molecule has 1 saturated heterocycles. The van der Waals surface area contributed by atoms with E-state index in [2.05, 4.69) is 59.4 Å². The summed E-state index contributed by atoms with van der Waals surface area (Å²) in [5.74, 6) is 0. The van der Waals surface area contributed by atoms with E-state index in [1.54, 1.807) is 0 Å². The monoisotopic (exact) mass is 283 g/mol. The van der Waals surface area contributed by atoms with Gasteiger partial charge in [0.2, 0.25) is 0 Å². The van der Waals surface area contributed by atoms with Crippen LogP contribution in [0.15, 0.2) is 30.3 Å².